The van der Waals surface area contributed by atoms with Crippen molar-refractivity contribution in [2.75, 3.05) is 6.54 Å². The quantitative estimate of drug-likeness (QED) is 0.893. The third-order valence-electron chi connectivity index (χ3n) is 2.04. The molecule has 1 rings (SSSR count). The molecule has 0 aromatic heterocycles. The Bertz CT molecular complexity index is 351. The molecule has 0 spiro atoms. The van der Waals surface area contributed by atoms with E-state index in [1.165, 1.54) is 0 Å². The third-order valence-corrected chi connectivity index (χ3v) is 2.47. The van der Waals surface area contributed by atoms with Crippen LogP contribution in [0.25, 0.3) is 0 Å². The van der Waals surface area contributed by atoms with Crippen LogP contribution >= 0.6 is 35.6 Å². The lowest BCUT2D eigenvalue weighted by Gasteiger charge is -2.09. The van der Waals surface area contributed by atoms with Gasteiger partial charge in [0.2, 0.25) is 0 Å². The van der Waals surface area contributed by atoms with Crippen molar-refractivity contribution in [3.05, 3.63) is 33.8 Å². The maximum atomic E-state index is 10.8. The molecule has 1 aromatic carbocycles. The summed E-state index contributed by atoms with van der Waals surface area (Å²) in [4.78, 5) is 10.8. The van der Waals surface area contributed by atoms with Gasteiger partial charge in [-0.05, 0) is 30.2 Å². The number of rotatable bonds is 4. The number of carboxylic acid groups (broad SMARTS) is 1. The summed E-state index contributed by atoms with van der Waals surface area (Å²) in [6, 6.07) is 4.99. The first-order valence-corrected chi connectivity index (χ1v) is 5.16. The van der Waals surface area contributed by atoms with Crippen LogP contribution in [-0.4, -0.2) is 17.6 Å². The first-order valence-electron chi connectivity index (χ1n) is 4.40. The first-order chi connectivity index (χ1) is 7.02. The fraction of sp³-hybridized carbons (Fsp3) is 0.300. The number of carbonyl (C=O) groups is 1. The number of carboxylic acids is 1. The number of benzene rings is 1. The van der Waals surface area contributed by atoms with Crippen LogP contribution in [0.4, 0.5) is 0 Å². The molecule has 3 N–H and O–H groups in total. The highest BCUT2D eigenvalue weighted by molar-refractivity contribution is 6.34. The zero-order valence-electron chi connectivity index (χ0n) is 8.32. The molecule has 0 unspecified atom stereocenters. The van der Waals surface area contributed by atoms with Crippen LogP contribution in [0.5, 0.6) is 0 Å². The van der Waals surface area contributed by atoms with E-state index in [2.05, 4.69) is 0 Å². The summed E-state index contributed by atoms with van der Waals surface area (Å²) in [5.74, 6) is -1.51. The van der Waals surface area contributed by atoms with E-state index < -0.39 is 11.9 Å². The van der Waals surface area contributed by atoms with E-state index in [-0.39, 0.29) is 19.0 Å². The van der Waals surface area contributed by atoms with Crippen molar-refractivity contribution in [3.8, 4) is 0 Å². The molecule has 0 aliphatic heterocycles. The van der Waals surface area contributed by atoms with Gasteiger partial charge < -0.3 is 10.8 Å². The normalized spacial score (nSPS) is 11.7. The van der Waals surface area contributed by atoms with Gasteiger partial charge in [-0.1, -0.05) is 23.2 Å². The summed E-state index contributed by atoms with van der Waals surface area (Å²) in [5.41, 5.74) is 6.13. The lowest BCUT2D eigenvalue weighted by atomic mass is 10.00. The van der Waals surface area contributed by atoms with Crippen LogP contribution < -0.4 is 5.73 Å². The van der Waals surface area contributed by atoms with Gasteiger partial charge in [0.25, 0.3) is 0 Å². The van der Waals surface area contributed by atoms with Gasteiger partial charge in [0.1, 0.15) is 0 Å². The van der Waals surface area contributed by atoms with Crippen LogP contribution in [-0.2, 0) is 11.2 Å². The van der Waals surface area contributed by atoms with Crippen LogP contribution in [0.3, 0.4) is 0 Å². The van der Waals surface area contributed by atoms with E-state index in [0.717, 1.165) is 5.56 Å². The van der Waals surface area contributed by atoms with Gasteiger partial charge in [0, 0.05) is 16.6 Å². The molecule has 0 radical (unpaired) electrons. The van der Waals surface area contributed by atoms with Crippen molar-refractivity contribution in [3.63, 3.8) is 0 Å². The van der Waals surface area contributed by atoms with E-state index in [1.54, 1.807) is 18.2 Å². The Labute approximate surface area is 110 Å². The molecule has 16 heavy (non-hydrogen) atoms. The fourth-order valence-corrected chi connectivity index (χ4v) is 1.86. The third kappa shape index (κ3) is 4.58. The molecule has 0 aliphatic rings. The number of hydrogen-bond donors (Lipinski definition) is 2. The highest BCUT2D eigenvalue weighted by Gasteiger charge is 2.16. The number of aliphatic carboxylic acids is 1. The topological polar surface area (TPSA) is 63.3 Å². The fourth-order valence-electron chi connectivity index (χ4n) is 1.28. The zero-order valence-corrected chi connectivity index (χ0v) is 10.6. The second kappa shape index (κ2) is 6.97. The molecule has 3 nitrogen and oxygen atoms in total. The summed E-state index contributed by atoms with van der Waals surface area (Å²) in [6.45, 7) is 0.0967. The van der Waals surface area contributed by atoms with Gasteiger partial charge in [-0.15, -0.1) is 12.4 Å². The molecule has 0 aliphatic carbocycles. The minimum atomic E-state index is -0.909. The minimum Gasteiger partial charge on any atom is -0.481 e. The summed E-state index contributed by atoms with van der Waals surface area (Å²) < 4.78 is 0. The predicted octanol–water partition coefficient (Wildman–Crippen LogP) is 2.62. The molecule has 0 heterocycles. The summed E-state index contributed by atoms with van der Waals surface area (Å²) >= 11 is 11.6. The molecular formula is C10H12Cl3NO2. The SMILES string of the molecule is Cl.NC[C@@H](Cc1cc(Cl)cc(Cl)c1)C(=O)O. The summed E-state index contributed by atoms with van der Waals surface area (Å²) in [6.07, 6.45) is 0.339. The lowest BCUT2D eigenvalue weighted by Crippen LogP contribution is -2.25. The number of nitrogens with two attached hydrogens (primary N) is 1. The second-order valence-corrected chi connectivity index (χ2v) is 4.13. The average molecular weight is 285 g/mol. The Morgan fingerprint density at radius 1 is 1.31 bits per heavy atom. The molecule has 90 valence electrons. The molecule has 6 heteroatoms. The van der Waals surface area contributed by atoms with E-state index in [1.807, 2.05) is 0 Å². The predicted molar refractivity (Wildman–Crippen MR) is 67.6 cm³/mol. The van der Waals surface area contributed by atoms with Gasteiger partial charge in [-0.2, -0.15) is 0 Å². The van der Waals surface area contributed by atoms with E-state index in [4.69, 9.17) is 34.0 Å². The smallest absolute Gasteiger partial charge is 0.308 e. The molecule has 0 amide bonds. The van der Waals surface area contributed by atoms with Gasteiger partial charge in [-0.25, -0.2) is 0 Å². The van der Waals surface area contributed by atoms with Crippen LogP contribution in [0.15, 0.2) is 18.2 Å². The molecule has 0 saturated heterocycles. The van der Waals surface area contributed by atoms with Gasteiger partial charge in [0.15, 0.2) is 0 Å². The number of halogens is 3. The van der Waals surface area contributed by atoms with Crippen LogP contribution in [0.1, 0.15) is 5.56 Å². The Balaban J connectivity index is 0.00000225. The average Bonchev–Trinajstić information content (AvgIpc) is 2.12. The van der Waals surface area contributed by atoms with E-state index in [9.17, 15) is 4.79 Å². The monoisotopic (exact) mass is 283 g/mol. The van der Waals surface area contributed by atoms with Gasteiger partial charge in [0.05, 0.1) is 5.92 Å². The Kier molecular flexibility index (Phi) is 6.76. The Hall–Kier alpha value is -0.480. The van der Waals surface area contributed by atoms with Crippen molar-refractivity contribution in [2.45, 2.75) is 6.42 Å². The molecule has 0 bridgehead atoms. The number of hydrogen-bond acceptors (Lipinski definition) is 2. The molecule has 0 saturated carbocycles. The largest absolute Gasteiger partial charge is 0.481 e. The van der Waals surface area contributed by atoms with E-state index in [0.29, 0.717) is 16.5 Å². The first kappa shape index (κ1) is 15.5. The lowest BCUT2D eigenvalue weighted by molar-refractivity contribution is -0.141. The highest BCUT2D eigenvalue weighted by Crippen LogP contribution is 2.21. The van der Waals surface area contributed by atoms with Gasteiger partial charge >= 0.3 is 5.97 Å². The van der Waals surface area contributed by atoms with Crippen molar-refractivity contribution in [1.82, 2.24) is 0 Å². The van der Waals surface area contributed by atoms with Crippen molar-refractivity contribution >= 4 is 41.6 Å². The highest BCUT2D eigenvalue weighted by atomic mass is 35.5. The van der Waals surface area contributed by atoms with Gasteiger partial charge in [-0.3, -0.25) is 4.79 Å². The molecular weight excluding hydrogens is 272 g/mol. The van der Waals surface area contributed by atoms with Crippen molar-refractivity contribution < 1.29 is 9.90 Å². The zero-order chi connectivity index (χ0) is 11.4. The molecule has 0 fully saturated rings. The maximum Gasteiger partial charge on any atom is 0.308 e. The summed E-state index contributed by atoms with van der Waals surface area (Å²) in [7, 11) is 0. The molecule has 1 atom stereocenters. The van der Waals surface area contributed by atoms with Crippen molar-refractivity contribution in [1.29, 1.82) is 0 Å². The van der Waals surface area contributed by atoms with Crippen LogP contribution in [0, 0.1) is 5.92 Å². The maximum absolute atomic E-state index is 10.8. The van der Waals surface area contributed by atoms with Crippen molar-refractivity contribution in [2.24, 2.45) is 11.7 Å². The second-order valence-electron chi connectivity index (χ2n) is 3.25. The molecule has 1 aromatic rings. The summed E-state index contributed by atoms with van der Waals surface area (Å²) in [5, 5.41) is 9.82. The van der Waals surface area contributed by atoms with E-state index >= 15 is 0 Å². The minimum absolute atomic E-state index is 0. The standard InChI is InChI=1S/C10H11Cl2NO2.ClH/c11-8-2-6(3-9(12)4-8)1-7(5-13)10(14)15;/h2-4,7H,1,5,13H2,(H,14,15);1H/t7-;/m1./s1. The van der Waals surface area contributed by atoms with Crippen LogP contribution in [0.2, 0.25) is 10.0 Å². The Morgan fingerprint density at radius 2 is 1.81 bits per heavy atom. The Morgan fingerprint density at radius 3 is 2.19 bits per heavy atom.